The number of carbonyl (C=O) groups excluding carboxylic acids is 2. The summed E-state index contributed by atoms with van der Waals surface area (Å²) in [6.45, 7) is 7.51. The summed E-state index contributed by atoms with van der Waals surface area (Å²) in [5.41, 5.74) is 0. The van der Waals surface area contributed by atoms with E-state index in [0.717, 1.165) is 77.0 Å². The highest BCUT2D eigenvalue weighted by Crippen LogP contribution is 2.14. The van der Waals surface area contributed by atoms with Crippen LogP contribution in [0.5, 0.6) is 0 Å². The molecule has 0 aromatic carbocycles. The fourth-order valence-electron chi connectivity index (χ4n) is 7.53. The summed E-state index contributed by atoms with van der Waals surface area (Å²) in [7, 11) is 0. The summed E-state index contributed by atoms with van der Waals surface area (Å²) in [4.78, 5) is 25.4. The summed E-state index contributed by atoms with van der Waals surface area (Å²) >= 11 is 0. The van der Waals surface area contributed by atoms with E-state index in [2.05, 4.69) is 112 Å². The molecule has 0 aliphatic heterocycles. The topological polar surface area (TPSA) is 61.8 Å². The zero-order valence-corrected chi connectivity index (χ0v) is 43.4. The molecule has 0 amide bonds. The van der Waals surface area contributed by atoms with Crippen molar-refractivity contribution in [1.82, 2.24) is 0 Å². The van der Waals surface area contributed by atoms with Crippen LogP contribution in [-0.2, 0) is 23.8 Å². The van der Waals surface area contributed by atoms with Crippen LogP contribution in [0, 0.1) is 0 Å². The van der Waals surface area contributed by atoms with Crippen molar-refractivity contribution in [3.05, 3.63) is 97.2 Å². The van der Waals surface area contributed by atoms with Crippen LogP contribution in [0.4, 0.5) is 0 Å². The third kappa shape index (κ3) is 53.4. The number of unbranched alkanes of at least 4 members (excludes halogenated alkanes) is 23. The standard InChI is InChI=1S/C61H104O5/c1-4-7-10-13-16-19-22-25-27-29-31-32-34-37-39-42-45-48-51-54-60(62)65-58-59(66-61(63)55-52-49-46-43-40-36-24-21-18-15-12-9-6-3)57-64-56-53-50-47-44-41-38-35-33-30-28-26-23-20-17-14-11-8-5-2/h8-9,11-12,17-18,20-21,25-28,36,40,46,49,59H,4-7,10,13-16,19,22-24,29-35,37-39,41-45,47-48,50-58H2,1-3H3/b11-8-,12-9-,20-17-,21-18-,27-25-,28-26-,40-36-,49-46-. The number of allylic oxidation sites excluding steroid dienone is 16. The Balaban J connectivity index is 4.32. The lowest BCUT2D eigenvalue weighted by atomic mass is 10.1. The Morgan fingerprint density at radius 1 is 0.348 bits per heavy atom. The molecule has 0 fully saturated rings. The lowest BCUT2D eigenvalue weighted by molar-refractivity contribution is -0.162. The van der Waals surface area contributed by atoms with E-state index in [0.29, 0.717) is 25.9 Å². The monoisotopic (exact) mass is 917 g/mol. The van der Waals surface area contributed by atoms with Gasteiger partial charge in [-0.15, -0.1) is 0 Å². The lowest BCUT2D eigenvalue weighted by Crippen LogP contribution is -2.30. The molecule has 0 saturated carbocycles. The van der Waals surface area contributed by atoms with E-state index in [-0.39, 0.29) is 25.2 Å². The van der Waals surface area contributed by atoms with Gasteiger partial charge in [-0.25, -0.2) is 0 Å². The van der Waals surface area contributed by atoms with Crippen molar-refractivity contribution in [1.29, 1.82) is 0 Å². The van der Waals surface area contributed by atoms with Gasteiger partial charge < -0.3 is 14.2 Å². The van der Waals surface area contributed by atoms with E-state index < -0.39 is 6.10 Å². The molecule has 0 aliphatic carbocycles. The average Bonchev–Trinajstić information content (AvgIpc) is 3.32. The van der Waals surface area contributed by atoms with Gasteiger partial charge in [-0.2, -0.15) is 0 Å². The molecule has 1 atom stereocenters. The molecule has 0 saturated heterocycles. The smallest absolute Gasteiger partial charge is 0.306 e. The van der Waals surface area contributed by atoms with Gasteiger partial charge in [-0.3, -0.25) is 9.59 Å². The normalized spacial score (nSPS) is 13.0. The third-order valence-electron chi connectivity index (χ3n) is 11.6. The first-order valence-corrected chi connectivity index (χ1v) is 27.8. The Morgan fingerprint density at radius 3 is 1.17 bits per heavy atom. The minimum atomic E-state index is -0.584. The van der Waals surface area contributed by atoms with Gasteiger partial charge in [0.2, 0.25) is 0 Å². The molecule has 378 valence electrons. The van der Waals surface area contributed by atoms with Crippen LogP contribution < -0.4 is 0 Å². The van der Waals surface area contributed by atoms with Crippen LogP contribution >= 0.6 is 0 Å². The Morgan fingerprint density at radius 2 is 0.712 bits per heavy atom. The molecular weight excluding hydrogens is 813 g/mol. The molecule has 0 spiro atoms. The first-order valence-electron chi connectivity index (χ1n) is 27.8. The Kier molecular flexibility index (Phi) is 53.4. The van der Waals surface area contributed by atoms with E-state index in [1.54, 1.807) is 0 Å². The van der Waals surface area contributed by atoms with E-state index in [1.807, 2.05) is 6.08 Å². The van der Waals surface area contributed by atoms with Crippen LogP contribution in [0.15, 0.2) is 97.2 Å². The summed E-state index contributed by atoms with van der Waals surface area (Å²) in [6, 6.07) is 0. The maximum Gasteiger partial charge on any atom is 0.306 e. The summed E-state index contributed by atoms with van der Waals surface area (Å²) < 4.78 is 17.4. The number of hydrogen-bond donors (Lipinski definition) is 0. The predicted octanol–water partition coefficient (Wildman–Crippen LogP) is 19.0. The predicted molar refractivity (Wildman–Crippen MR) is 288 cm³/mol. The molecule has 5 heteroatoms. The first kappa shape index (κ1) is 62.8. The number of carbonyl (C=O) groups is 2. The molecule has 66 heavy (non-hydrogen) atoms. The van der Waals surface area contributed by atoms with E-state index in [1.165, 1.54) is 135 Å². The van der Waals surface area contributed by atoms with Gasteiger partial charge in [0.1, 0.15) is 6.61 Å². The third-order valence-corrected chi connectivity index (χ3v) is 11.6. The summed E-state index contributed by atoms with van der Waals surface area (Å²) in [5, 5.41) is 0. The second-order valence-corrected chi connectivity index (χ2v) is 18.1. The summed E-state index contributed by atoms with van der Waals surface area (Å²) in [6.07, 6.45) is 75.9. The molecule has 5 nitrogen and oxygen atoms in total. The molecule has 0 heterocycles. The highest BCUT2D eigenvalue weighted by Gasteiger charge is 2.17. The van der Waals surface area contributed by atoms with Crippen LogP contribution in [0.3, 0.4) is 0 Å². The van der Waals surface area contributed by atoms with Crippen molar-refractivity contribution in [2.75, 3.05) is 19.8 Å². The molecule has 0 aliphatic rings. The second-order valence-electron chi connectivity index (χ2n) is 18.1. The van der Waals surface area contributed by atoms with Gasteiger partial charge >= 0.3 is 11.9 Å². The van der Waals surface area contributed by atoms with Crippen molar-refractivity contribution >= 4 is 11.9 Å². The SMILES string of the molecule is CC/C=C\C/C=C\C/C=C\C/C=C\CCC(=O)OC(COCCCCCCCCCC/C=C\C/C=C\C/C=C\CC)COC(=O)CCCCCCCCCCC/C=C\CCCCCCCC. The maximum absolute atomic E-state index is 12.8. The molecule has 0 bridgehead atoms. The molecule has 0 rings (SSSR count). The van der Waals surface area contributed by atoms with Gasteiger partial charge in [0, 0.05) is 19.4 Å². The number of ether oxygens (including phenoxy) is 3. The van der Waals surface area contributed by atoms with Crippen molar-refractivity contribution in [3.8, 4) is 0 Å². The lowest BCUT2D eigenvalue weighted by Gasteiger charge is -2.18. The fraction of sp³-hybridized carbons (Fsp3) is 0.705. The van der Waals surface area contributed by atoms with Crippen LogP contribution in [0.25, 0.3) is 0 Å². The van der Waals surface area contributed by atoms with Gasteiger partial charge in [-0.05, 0) is 103 Å². The Bertz CT molecular complexity index is 1270. The Labute approximate surface area is 409 Å². The van der Waals surface area contributed by atoms with Crippen molar-refractivity contribution in [3.63, 3.8) is 0 Å². The minimum absolute atomic E-state index is 0.0489. The number of esters is 2. The average molecular weight is 917 g/mol. The van der Waals surface area contributed by atoms with Gasteiger partial charge in [-0.1, -0.05) is 234 Å². The Hall–Kier alpha value is -3.18. The largest absolute Gasteiger partial charge is 0.462 e. The summed E-state index contributed by atoms with van der Waals surface area (Å²) in [5.74, 6) is -0.496. The second kappa shape index (κ2) is 56.1. The van der Waals surface area contributed by atoms with E-state index in [4.69, 9.17) is 14.2 Å². The number of rotatable bonds is 50. The fourth-order valence-corrected chi connectivity index (χ4v) is 7.53. The van der Waals surface area contributed by atoms with Crippen LogP contribution in [-0.4, -0.2) is 37.9 Å². The highest BCUT2D eigenvalue weighted by atomic mass is 16.6. The molecule has 0 N–H and O–H groups in total. The molecule has 0 radical (unpaired) electrons. The van der Waals surface area contributed by atoms with E-state index >= 15 is 0 Å². The van der Waals surface area contributed by atoms with Crippen LogP contribution in [0.2, 0.25) is 0 Å². The van der Waals surface area contributed by atoms with Crippen LogP contribution in [0.1, 0.15) is 252 Å². The van der Waals surface area contributed by atoms with E-state index in [9.17, 15) is 9.59 Å². The molecule has 1 unspecified atom stereocenters. The molecule has 0 aromatic rings. The highest BCUT2D eigenvalue weighted by molar-refractivity contribution is 5.70. The zero-order chi connectivity index (χ0) is 47.7. The quantitative estimate of drug-likeness (QED) is 0.0346. The zero-order valence-electron chi connectivity index (χ0n) is 43.4. The van der Waals surface area contributed by atoms with Crippen molar-refractivity contribution < 1.29 is 23.8 Å². The minimum Gasteiger partial charge on any atom is -0.462 e. The van der Waals surface area contributed by atoms with Crippen molar-refractivity contribution in [2.24, 2.45) is 0 Å². The maximum atomic E-state index is 12.8. The van der Waals surface area contributed by atoms with Gasteiger partial charge in [0.15, 0.2) is 6.10 Å². The van der Waals surface area contributed by atoms with Gasteiger partial charge in [0.25, 0.3) is 0 Å². The van der Waals surface area contributed by atoms with Gasteiger partial charge in [0.05, 0.1) is 6.61 Å². The first-order chi connectivity index (χ1) is 32.6. The number of hydrogen-bond acceptors (Lipinski definition) is 5. The van der Waals surface area contributed by atoms with Crippen molar-refractivity contribution in [2.45, 2.75) is 258 Å². The molecular formula is C61H104O5. The molecule has 0 aromatic heterocycles.